The van der Waals surface area contributed by atoms with Crippen LogP contribution in [0.1, 0.15) is 25.7 Å². The van der Waals surface area contributed by atoms with Gasteiger partial charge in [0.05, 0.1) is 5.25 Å². The summed E-state index contributed by atoms with van der Waals surface area (Å²) in [6.45, 7) is 1.59. The molecule has 0 radical (unpaired) electrons. The molecule has 0 aromatic heterocycles. The van der Waals surface area contributed by atoms with Crippen LogP contribution >= 0.6 is 0 Å². The molecule has 2 rings (SSSR count). The standard InChI is InChI=1S/C8H16N2O2S/c11-13(12,8-3-4-8)10-6-7-2-1-5-9-7/h7-10H,1-6H2/t7-/m1/s1. The van der Waals surface area contributed by atoms with Crippen molar-refractivity contribution in [2.75, 3.05) is 13.1 Å². The van der Waals surface area contributed by atoms with Gasteiger partial charge in [0.15, 0.2) is 0 Å². The van der Waals surface area contributed by atoms with Gasteiger partial charge in [-0.25, -0.2) is 13.1 Å². The maximum atomic E-state index is 11.4. The van der Waals surface area contributed by atoms with E-state index >= 15 is 0 Å². The van der Waals surface area contributed by atoms with Crippen molar-refractivity contribution in [1.29, 1.82) is 0 Å². The molecule has 0 spiro atoms. The molecule has 0 amide bonds. The topological polar surface area (TPSA) is 58.2 Å². The molecule has 13 heavy (non-hydrogen) atoms. The van der Waals surface area contributed by atoms with Crippen LogP contribution in [0.4, 0.5) is 0 Å². The number of rotatable bonds is 4. The van der Waals surface area contributed by atoms with Gasteiger partial charge in [-0.3, -0.25) is 0 Å². The molecule has 0 aromatic carbocycles. The lowest BCUT2D eigenvalue weighted by atomic mass is 10.2. The van der Waals surface area contributed by atoms with Crippen molar-refractivity contribution >= 4 is 10.0 Å². The summed E-state index contributed by atoms with van der Waals surface area (Å²) in [5.41, 5.74) is 0. The Hall–Kier alpha value is -0.130. The first-order valence-corrected chi connectivity index (χ1v) is 6.45. The number of hydrogen-bond acceptors (Lipinski definition) is 3. The number of nitrogens with one attached hydrogen (secondary N) is 2. The molecule has 0 bridgehead atoms. The summed E-state index contributed by atoms with van der Waals surface area (Å²) in [7, 11) is -2.96. The van der Waals surface area contributed by atoms with E-state index in [9.17, 15) is 8.42 Å². The van der Waals surface area contributed by atoms with Gasteiger partial charge in [-0.15, -0.1) is 0 Å². The Morgan fingerprint density at radius 1 is 1.31 bits per heavy atom. The minimum Gasteiger partial charge on any atom is -0.313 e. The Bertz CT molecular complexity index is 266. The molecular weight excluding hydrogens is 188 g/mol. The Labute approximate surface area is 79.1 Å². The van der Waals surface area contributed by atoms with Gasteiger partial charge in [0.2, 0.25) is 10.0 Å². The molecular formula is C8H16N2O2S. The molecule has 5 heteroatoms. The Morgan fingerprint density at radius 3 is 2.62 bits per heavy atom. The second-order valence-electron chi connectivity index (χ2n) is 3.89. The second-order valence-corrected chi connectivity index (χ2v) is 5.93. The Kier molecular flexibility index (Phi) is 2.58. The fourth-order valence-corrected chi connectivity index (χ4v) is 3.07. The minimum atomic E-state index is -2.96. The van der Waals surface area contributed by atoms with Crippen LogP contribution in [0.3, 0.4) is 0 Å². The van der Waals surface area contributed by atoms with Crippen molar-refractivity contribution in [2.45, 2.75) is 37.0 Å². The van der Waals surface area contributed by atoms with E-state index in [1.807, 2.05) is 0 Å². The maximum Gasteiger partial charge on any atom is 0.214 e. The van der Waals surface area contributed by atoms with Crippen LogP contribution in [0.15, 0.2) is 0 Å². The van der Waals surface area contributed by atoms with E-state index in [2.05, 4.69) is 10.0 Å². The zero-order valence-corrected chi connectivity index (χ0v) is 8.44. The van der Waals surface area contributed by atoms with Crippen molar-refractivity contribution < 1.29 is 8.42 Å². The molecule has 2 aliphatic rings. The predicted octanol–water partition coefficient (Wildman–Crippen LogP) is -0.180. The fourth-order valence-electron chi connectivity index (χ4n) is 1.64. The zero-order chi connectivity index (χ0) is 9.31. The van der Waals surface area contributed by atoms with E-state index in [0.29, 0.717) is 12.6 Å². The molecule has 1 saturated heterocycles. The van der Waals surface area contributed by atoms with Crippen LogP contribution in [0, 0.1) is 0 Å². The van der Waals surface area contributed by atoms with Gasteiger partial charge in [-0.05, 0) is 32.2 Å². The fraction of sp³-hybridized carbons (Fsp3) is 1.00. The van der Waals surface area contributed by atoms with Crippen LogP contribution in [0.5, 0.6) is 0 Å². The highest BCUT2D eigenvalue weighted by atomic mass is 32.2. The summed E-state index contributed by atoms with van der Waals surface area (Å²) >= 11 is 0. The van der Waals surface area contributed by atoms with Crippen molar-refractivity contribution in [3.8, 4) is 0 Å². The molecule has 1 atom stereocenters. The lowest BCUT2D eigenvalue weighted by molar-refractivity contribution is 0.551. The van der Waals surface area contributed by atoms with E-state index in [1.54, 1.807) is 0 Å². The smallest absolute Gasteiger partial charge is 0.214 e. The quantitative estimate of drug-likeness (QED) is 0.668. The minimum absolute atomic E-state index is 0.0890. The van der Waals surface area contributed by atoms with Crippen LogP contribution in [0.25, 0.3) is 0 Å². The number of sulfonamides is 1. The Balaban J connectivity index is 1.77. The van der Waals surface area contributed by atoms with E-state index < -0.39 is 10.0 Å². The third-order valence-corrected chi connectivity index (χ3v) is 4.57. The molecule has 1 saturated carbocycles. The van der Waals surface area contributed by atoms with E-state index in [0.717, 1.165) is 32.2 Å². The summed E-state index contributed by atoms with van der Waals surface area (Å²) < 4.78 is 25.5. The summed E-state index contributed by atoms with van der Waals surface area (Å²) in [5, 5.41) is 3.17. The molecule has 4 nitrogen and oxygen atoms in total. The van der Waals surface area contributed by atoms with Gasteiger partial charge in [0, 0.05) is 12.6 Å². The molecule has 76 valence electrons. The van der Waals surface area contributed by atoms with E-state index in [1.165, 1.54) is 0 Å². The third kappa shape index (κ3) is 2.42. The van der Waals surface area contributed by atoms with Crippen LogP contribution < -0.4 is 10.0 Å². The summed E-state index contributed by atoms with van der Waals surface area (Å²) in [5.74, 6) is 0. The molecule has 0 aromatic rings. The highest BCUT2D eigenvalue weighted by Crippen LogP contribution is 2.27. The second kappa shape index (κ2) is 3.55. The van der Waals surface area contributed by atoms with Gasteiger partial charge in [-0.1, -0.05) is 0 Å². The first-order chi connectivity index (χ1) is 6.18. The van der Waals surface area contributed by atoms with Gasteiger partial charge < -0.3 is 5.32 Å². The molecule has 2 N–H and O–H groups in total. The summed E-state index contributed by atoms with van der Waals surface area (Å²) in [6.07, 6.45) is 3.93. The van der Waals surface area contributed by atoms with E-state index in [4.69, 9.17) is 0 Å². The van der Waals surface area contributed by atoms with Gasteiger partial charge in [0.25, 0.3) is 0 Å². The largest absolute Gasteiger partial charge is 0.313 e. The highest BCUT2D eigenvalue weighted by molar-refractivity contribution is 7.90. The maximum absolute atomic E-state index is 11.4. The van der Waals surface area contributed by atoms with Crippen LogP contribution in [-0.4, -0.2) is 32.8 Å². The van der Waals surface area contributed by atoms with Crippen molar-refractivity contribution in [3.05, 3.63) is 0 Å². The SMILES string of the molecule is O=S(=O)(NC[C@H]1CCCN1)C1CC1. The van der Waals surface area contributed by atoms with Crippen molar-refractivity contribution in [3.63, 3.8) is 0 Å². The molecule has 2 fully saturated rings. The molecule has 0 unspecified atom stereocenters. The lowest BCUT2D eigenvalue weighted by Gasteiger charge is -2.11. The summed E-state index contributed by atoms with van der Waals surface area (Å²) in [6, 6.07) is 0.355. The lowest BCUT2D eigenvalue weighted by Crippen LogP contribution is -2.38. The van der Waals surface area contributed by atoms with Gasteiger partial charge in [0.1, 0.15) is 0 Å². The zero-order valence-electron chi connectivity index (χ0n) is 7.62. The molecule has 1 aliphatic carbocycles. The monoisotopic (exact) mass is 204 g/mol. The van der Waals surface area contributed by atoms with Crippen LogP contribution in [0.2, 0.25) is 0 Å². The highest BCUT2D eigenvalue weighted by Gasteiger charge is 2.35. The van der Waals surface area contributed by atoms with Crippen molar-refractivity contribution in [2.24, 2.45) is 0 Å². The average molecular weight is 204 g/mol. The predicted molar refractivity (Wildman–Crippen MR) is 51.0 cm³/mol. The summed E-state index contributed by atoms with van der Waals surface area (Å²) in [4.78, 5) is 0. The Morgan fingerprint density at radius 2 is 2.08 bits per heavy atom. The third-order valence-electron chi connectivity index (χ3n) is 2.66. The first kappa shape index (κ1) is 9.43. The van der Waals surface area contributed by atoms with Crippen molar-refractivity contribution in [1.82, 2.24) is 10.0 Å². The average Bonchev–Trinajstić information content (AvgIpc) is 2.82. The van der Waals surface area contributed by atoms with Gasteiger partial charge >= 0.3 is 0 Å². The van der Waals surface area contributed by atoms with Gasteiger partial charge in [-0.2, -0.15) is 0 Å². The van der Waals surface area contributed by atoms with E-state index in [-0.39, 0.29) is 5.25 Å². The van der Waals surface area contributed by atoms with Crippen LogP contribution in [-0.2, 0) is 10.0 Å². The normalized spacial score (nSPS) is 29.4. The number of hydrogen-bond donors (Lipinski definition) is 2. The molecule has 1 aliphatic heterocycles. The first-order valence-electron chi connectivity index (χ1n) is 4.90. The molecule has 1 heterocycles.